The minimum Gasteiger partial charge on any atom is -0.481 e. The zero-order valence-electron chi connectivity index (χ0n) is 12.1. The van der Waals surface area contributed by atoms with E-state index in [2.05, 4.69) is 5.32 Å². The molecule has 1 aliphatic rings. The highest BCUT2D eigenvalue weighted by atomic mass is 35.5. The van der Waals surface area contributed by atoms with Crippen molar-refractivity contribution >= 4 is 40.8 Å². The number of carboxylic acids is 1. The lowest BCUT2D eigenvalue weighted by Crippen LogP contribution is -2.34. The number of rotatable bonds is 4. The number of benzene rings is 1. The zero-order chi connectivity index (χ0) is 18.1. The number of amides is 1. The van der Waals surface area contributed by atoms with Crippen molar-refractivity contribution < 1.29 is 27.9 Å². The van der Waals surface area contributed by atoms with Gasteiger partial charge in [-0.05, 0) is 18.2 Å². The molecule has 1 saturated heterocycles. The van der Waals surface area contributed by atoms with E-state index in [9.17, 15) is 22.8 Å². The van der Waals surface area contributed by atoms with E-state index < -0.39 is 36.4 Å². The van der Waals surface area contributed by atoms with Gasteiger partial charge in [-0.25, -0.2) is 0 Å². The lowest BCUT2D eigenvalue weighted by atomic mass is 9.96. The molecule has 1 aromatic rings. The van der Waals surface area contributed by atoms with Crippen LogP contribution in [0.3, 0.4) is 0 Å². The number of aliphatic carboxylic acids is 1. The van der Waals surface area contributed by atoms with E-state index in [0.29, 0.717) is 5.02 Å². The lowest BCUT2D eigenvalue weighted by Gasteiger charge is -2.18. The summed E-state index contributed by atoms with van der Waals surface area (Å²) in [7, 11) is 0. The molecule has 0 bridgehead atoms. The molecule has 0 radical (unpaired) electrons. The third-order valence-corrected chi connectivity index (χ3v) is 4.25. The van der Waals surface area contributed by atoms with E-state index in [0.717, 1.165) is 4.90 Å². The van der Waals surface area contributed by atoms with Gasteiger partial charge in [-0.1, -0.05) is 23.2 Å². The number of likely N-dealkylation sites (tertiary alicyclic amines) is 1. The van der Waals surface area contributed by atoms with Crippen molar-refractivity contribution in [3.8, 4) is 0 Å². The predicted molar refractivity (Wildman–Crippen MR) is 82.2 cm³/mol. The maximum atomic E-state index is 12.9. The summed E-state index contributed by atoms with van der Waals surface area (Å²) >= 11 is 11.6. The highest BCUT2D eigenvalue weighted by Gasteiger charge is 2.52. The Bertz CT molecular complexity index is 655. The largest absolute Gasteiger partial charge is 0.481 e. The van der Waals surface area contributed by atoms with Crippen LogP contribution in [0.4, 0.5) is 18.9 Å². The third-order valence-electron chi connectivity index (χ3n) is 3.71. The van der Waals surface area contributed by atoms with Crippen LogP contribution in [0.25, 0.3) is 0 Å². The molecule has 1 amide bonds. The van der Waals surface area contributed by atoms with Crippen molar-refractivity contribution in [1.29, 1.82) is 0 Å². The molecule has 1 aromatic carbocycles. The summed E-state index contributed by atoms with van der Waals surface area (Å²) in [6, 6.07) is 4.37. The number of hydrogen-bond acceptors (Lipinski definition) is 3. The van der Waals surface area contributed by atoms with Gasteiger partial charge >= 0.3 is 12.1 Å². The van der Waals surface area contributed by atoms with Gasteiger partial charge in [0.05, 0.1) is 29.1 Å². The first-order chi connectivity index (χ1) is 11.1. The van der Waals surface area contributed by atoms with E-state index in [4.69, 9.17) is 28.3 Å². The molecule has 0 spiro atoms. The molecule has 132 valence electrons. The van der Waals surface area contributed by atoms with Crippen LogP contribution < -0.4 is 5.32 Å². The molecule has 1 heterocycles. The maximum absolute atomic E-state index is 12.9. The average molecular weight is 385 g/mol. The standard InChI is InChI=1S/C14H13Cl2F3N2O3/c15-7-1-2-11(10(16)3-7)20-12(22)6-21-4-8(13(23)24)9(5-21)14(17,18)19/h1-3,8-9H,4-6H2,(H,20,22)(H,23,24)/t8-,9-/m1/s1. The quantitative estimate of drug-likeness (QED) is 0.836. The van der Waals surface area contributed by atoms with Gasteiger partial charge < -0.3 is 10.4 Å². The number of carbonyl (C=O) groups excluding carboxylic acids is 1. The Labute approximate surface area is 145 Å². The number of nitrogens with zero attached hydrogens (tertiary/aromatic N) is 1. The predicted octanol–water partition coefficient (Wildman–Crippen LogP) is 3.13. The third kappa shape index (κ3) is 4.52. The number of carboxylic acid groups (broad SMARTS) is 1. The Balaban J connectivity index is 2.00. The topological polar surface area (TPSA) is 69.6 Å². The van der Waals surface area contributed by atoms with Crippen molar-refractivity contribution in [3.05, 3.63) is 28.2 Å². The van der Waals surface area contributed by atoms with Crippen molar-refractivity contribution in [1.82, 2.24) is 4.90 Å². The molecule has 0 aliphatic carbocycles. The van der Waals surface area contributed by atoms with E-state index in [1.54, 1.807) is 0 Å². The van der Waals surface area contributed by atoms with Crippen LogP contribution in [-0.2, 0) is 9.59 Å². The molecule has 1 aliphatic heterocycles. The normalized spacial score (nSPS) is 21.7. The first kappa shape index (κ1) is 18.8. The summed E-state index contributed by atoms with van der Waals surface area (Å²) in [6.45, 7) is -1.25. The summed E-state index contributed by atoms with van der Waals surface area (Å²) in [5.74, 6) is -5.70. The summed E-state index contributed by atoms with van der Waals surface area (Å²) < 4.78 is 38.7. The molecule has 10 heteroatoms. The van der Waals surface area contributed by atoms with Crippen LogP contribution in [0.15, 0.2) is 18.2 Å². The Morgan fingerprint density at radius 2 is 1.96 bits per heavy atom. The fraction of sp³-hybridized carbons (Fsp3) is 0.429. The Kier molecular flexibility index (Phi) is 5.62. The lowest BCUT2D eigenvalue weighted by molar-refractivity contribution is -0.188. The second-order valence-electron chi connectivity index (χ2n) is 5.46. The van der Waals surface area contributed by atoms with E-state index in [-0.39, 0.29) is 23.8 Å². The van der Waals surface area contributed by atoms with Gasteiger partial charge in [-0.3, -0.25) is 14.5 Å². The average Bonchev–Trinajstić information content (AvgIpc) is 2.86. The molecule has 0 saturated carbocycles. The van der Waals surface area contributed by atoms with Gasteiger partial charge in [0.1, 0.15) is 0 Å². The first-order valence-corrected chi connectivity index (χ1v) is 7.60. The van der Waals surface area contributed by atoms with Crippen LogP contribution in [0.2, 0.25) is 10.0 Å². The smallest absolute Gasteiger partial charge is 0.393 e. The Hall–Kier alpha value is -1.51. The maximum Gasteiger partial charge on any atom is 0.393 e. The molecule has 2 rings (SSSR count). The SMILES string of the molecule is O=C(CN1C[C@@H](C(F)(F)F)[C@H](C(=O)O)C1)Nc1ccc(Cl)cc1Cl. The van der Waals surface area contributed by atoms with Crippen molar-refractivity contribution in [2.24, 2.45) is 11.8 Å². The molecule has 0 aromatic heterocycles. The van der Waals surface area contributed by atoms with Gasteiger partial charge in [-0.15, -0.1) is 0 Å². The molecular weight excluding hydrogens is 372 g/mol. The number of halogens is 5. The minimum atomic E-state index is -4.63. The number of alkyl halides is 3. The highest BCUT2D eigenvalue weighted by molar-refractivity contribution is 6.36. The van der Waals surface area contributed by atoms with Crippen LogP contribution >= 0.6 is 23.2 Å². The fourth-order valence-electron chi connectivity index (χ4n) is 2.58. The second-order valence-corrected chi connectivity index (χ2v) is 6.30. The monoisotopic (exact) mass is 384 g/mol. The molecule has 5 nitrogen and oxygen atoms in total. The molecule has 2 N–H and O–H groups in total. The Morgan fingerprint density at radius 1 is 1.29 bits per heavy atom. The summed E-state index contributed by atoms with van der Waals surface area (Å²) in [5.41, 5.74) is 0.271. The van der Waals surface area contributed by atoms with Crippen LogP contribution in [0.5, 0.6) is 0 Å². The van der Waals surface area contributed by atoms with Crippen LogP contribution in [-0.4, -0.2) is 47.7 Å². The van der Waals surface area contributed by atoms with Crippen molar-refractivity contribution in [2.75, 3.05) is 25.0 Å². The number of hydrogen-bond donors (Lipinski definition) is 2. The zero-order valence-corrected chi connectivity index (χ0v) is 13.6. The van der Waals surface area contributed by atoms with Crippen LogP contribution in [0.1, 0.15) is 0 Å². The summed E-state index contributed by atoms with van der Waals surface area (Å²) in [4.78, 5) is 24.1. The van der Waals surface area contributed by atoms with Crippen LogP contribution in [0, 0.1) is 11.8 Å². The number of carbonyl (C=O) groups is 2. The highest BCUT2D eigenvalue weighted by Crippen LogP contribution is 2.37. The number of nitrogens with one attached hydrogen (secondary N) is 1. The van der Waals surface area contributed by atoms with E-state index >= 15 is 0 Å². The molecule has 2 atom stereocenters. The summed E-state index contributed by atoms with van der Waals surface area (Å²) in [6.07, 6.45) is -4.63. The van der Waals surface area contributed by atoms with Gasteiger partial charge in [0.2, 0.25) is 5.91 Å². The second kappa shape index (κ2) is 7.16. The van der Waals surface area contributed by atoms with Gasteiger partial charge in [0.15, 0.2) is 0 Å². The Morgan fingerprint density at radius 3 is 2.46 bits per heavy atom. The molecular formula is C14H13Cl2F3N2O3. The molecule has 0 unspecified atom stereocenters. The number of anilines is 1. The van der Waals surface area contributed by atoms with Crippen molar-refractivity contribution in [2.45, 2.75) is 6.18 Å². The fourth-order valence-corrected chi connectivity index (χ4v) is 3.04. The van der Waals surface area contributed by atoms with E-state index in [1.807, 2.05) is 0 Å². The van der Waals surface area contributed by atoms with Gasteiger partial charge in [0, 0.05) is 18.1 Å². The van der Waals surface area contributed by atoms with E-state index in [1.165, 1.54) is 18.2 Å². The molecule has 1 fully saturated rings. The minimum absolute atomic E-state index is 0.189. The molecule has 24 heavy (non-hydrogen) atoms. The first-order valence-electron chi connectivity index (χ1n) is 6.84. The van der Waals surface area contributed by atoms with Crippen molar-refractivity contribution in [3.63, 3.8) is 0 Å². The van der Waals surface area contributed by atoms with Gasteiger partial charge in [0.25, 0.3) is 0 Å². The van der Waals surface area contributed by atoms with Gasteiger partial charge in [-0.2, -0.15) is 13.2 Å². The summed E-state index contributed by atoms with van der Waals surface area (Å²) in [5, 5.41) is 12.0.